The molecule has 0 radical (unpaired) electrons. The number of aromatic nitrogens is 2. The summed E-state index contributed by atoms with van der Waals surface area (Å²) < 4.78 is 6.73. The van der Waals surface area contributed by atoms with E-state index in [1.54, 1.807) is 29.7 Å². The Morgan fingerprint density at radius 3 is 2.75 bits per heavy atom. The van der Waals surface area contributed by atoms with Crippen LogP contribution in [-0.2, 0) is 34.7 Å². The Balaban J connectivity index is 1.70. The Kier molecular flexibility index (Phi) is 4.61. The third-order valence-electron chi connectivity index (χ3n) is 6.59. The van der Waals surface area contributed by atoms with Gasteiger partial charge in [0.2, 0.25) is 0 Å². The summed E-state index contributed by atoms with van der Waals surface area (Å²) >= 11 is 0. The third kappa shape index (κ3) is 2.87. The minimum absolute atomic E-state index is 0.105. The first-order chi connectivity index (χ1) is 15.2. The van der Waals surface area contributed by atoms with Crippen molar-refractivity contribution in [3.05, 3.63) is 56.9 Å². The van der Waals surface area contributed by atoms with Gasteiger partial charge in [-0.15, -0.1) is 0 Å². The molecule has 32 heavy (non-hydrogen) atoms. The molecule has 0 spiro atoms. The van der Waals surface area contributed by atoms with Crippen LogP contribution in [0.4, 0.5) is 0 Å². The number of fused-ring (bicyclic) bond motifs is 5. The molecule has 166 valence electrons. The Morgan fingerprint density at radius 2 is 2.03 bits per heavy atom. The van der Waals surface area contributed by atoms with Crippen molar-refractivity contribution in [1.29, 1.82) is 0 Å². The number of phenols is 1. The summed E-state index contributed by atoms with van der Waals surface area (Å²) in [6.07, 6.45) is 0.773. The fourth-order valence-electron chi connectivity index (χ4n) is 4.70. The van der Waals surface area contributed by atoms with Crippen molar-refractivity contribution in [3.8, 4) is 17.1 Å². The third-order valence-corrected chi connectivity index (χ3v) is 6.59. The number of ether oxygens (including phenoxy) is 1. The quantitative estimate of drug-likeness (QED) is 0.472. The molecule has 0 saturated carbocycles. The number of hydrogen-bond donors (Lipinski definition) is 2. The van der Waals surface area contributed by atoms with Crippen molar-refractivity contribution < 1.29 is 19.7 Å². The van der Waals surface area contributed by atoms with E-state index in [9.17, 15) is 19.8 Å². The van der Waals surface area contributed by atoms with E-state index >= 15 is 0 Å². The predicted octanol–water partition coefficient (Wildman–Crippen LogP) is 1.89. The van der Waals surface area contributed by atoms with Gasteiger partial charge in [-0.05, 0) is 51.2 Å². The molecule has 2 aromatic heterocycles. The average Bonchev–Trinajstić information content (AvgIpc) is 3.12. The van der Waals surface area contributed by atoms with Crippen LogP contribution < -0.4 is 5.56 Å². The minimum Gasteiger partial charge on any atom is -0.508 e. The van der Waals surface area contributed by atoms with Crippen LogP contribution in [0, 0.1) is 0 Å². The number of nitrogens with zero attached hydrogens (tertiary/aromatic N) is 3. The smallest absolute Gasteiger partial charge is 0.343 e. The van der Waals surface area contributed by atoms with Gasteiger partial charge in [-0.2, -0.15) is 0 Å². The lowest BCUT2D eigenvalue weighted by Crippen LogP contribution is -2.44. The van der Waals surface area contributed by atoms with Crippen LogP contribution >= 0.6 is 0 Å². The van der Waals surface area contributed by atoms with E-state index in [0.717, 1.165) is 28.6 Å². The zero-order valence-electron chi connectivity index (χ0n) is 18.3. The summed E-state index contributed by atoms with van der Waals surface area (Å²) in [5.74, 6) is -0.504. The number of aromatic hydroxyl groups is 1. The van der Waals surface area contributed by atoms with Crippen molar-refractivity contribution in [2.24, 2.45) is 0 Å². The molecule has 0 bridgehead atoms. The number of cyclic esters (lactones) is 1. The molecule has 1 atom stereocenters. The lowest BCUT2D eigenvalue weighted by molar-refractivity contribution is -0.172. The molecule has 8 nitrogen and oxygen atoms in total. The van der Waals surface area contributed by atoms with E-state index in [0.29, 0.717) is 35.5 Å². The van der Waals surface area contributed by atoms with Gasteiger partial charge in [0.25, 0.3) is 5.56 Å². The molecular weight excluding hydrogens is 410 g/mol. The fourth-order valence-corrected chi connectivity index (χ4v) is 4.70. The monoisotopic (exact) mass is 435 g/mol. The summed E-state index contributed by atoms with van der Waals surface area (Å²) in [4.78, 5) is 32.4. The maximum Gasteiger partial charge on any atom is 0.343 e. The Hall–Kier alpha value is -3.23. The molecule has 3 aromatic rings. The lowest BCUT2D eigenvalue weighted by atomic mass is 9.86. The van der Waals surface area contributed by atoms with Crippen LogP contribution in [0.15, 0.2) is 29.1 Å². The molecule has 0 amide bonds. The van der Waals surface area contributed by atoms with Crippen molar-refractivity contribution in [3.63, 3.8) is 0 Å². The highest BCUT2D eigenvalue weighted by molar-refractivity contribution is 5.89. The van der Waals surface area contributed by atoms with E-state index in [2.05, 4.69) is 4.90 Å². The van der Waals surface area contributed by atoms with Gasteiger partial charge >= 0.3 is 5.97 Å². The van der Waals surface area contributed by atoms with Crippen molar-refractivity contribution in [2.45, 2.75) is 38.5 Å². The van der Waals surface area contributed by atoms with Crippen LogP contribution in [0.25, 0.3) is 22.3 Å². The number of rotatable bonds is 4. The second kappa shape index (κ2) is 7.15. The summed E-state index contributed by atoms with van der Waals surface area (Å²) in [6, 6.07) is 7.11. The maximum atomic E-state index is 13.3. The number of aliphatic hydroxyl groups is 1. The van der Waals surface area contributed by atoms with E-state index in [-0.39, 0.29) is 24.3 Å². The first kappa shape index (κ1) is 20.7. The number of benzene rings is 1. The highest BCUT2D eigenvalue weighted by atomic mass is 16.6. The second-order valence-corrected chi connectivity index (χ2v) is 8.78. The van der Waals surface area contributed by atoms with Crippen LogP contribution in [0.2, 0.25) is 0 Å². The average molecular weight is 435 g/mol. The number of pyridine rings is 2. The molecule has 2 aliphatic heterocycles. The highest BCUT2D eigenvalue weighted by Gasteiger charge is 2.45. The van der Waals surface area contributed by atoms with Crippen LogP contribution in [-0.4, -0.2) is 51.3 Å². The Bertz CT molecular complexity index is 1340. The number of likely N-dealkylation sites (N-methyl/N-ethyl adjacent to an activating group) is 1. The van der Waals surface area contributed by atoms with Gasteiger partial charge in [0, 0.05) is 28.6 Å². The first-order valence-corrected chi connectivity index (χ1v) is 10.7. The fraction of sp³-hybridized carbons (Fsp3) is 0.375. The van der Waals surface area contributed by atoms with Crippen LogP contribution in [0.5, 0.6) is 5.75 Å². The van der Waals surface area contributed by atoms with Crippen LogP contribution in [0.1, 0.15) is 35.6 Å². The molecule has 0 fully saturated rings. The normalized spacial score (nSPS) is 19.1. The number of carbonyl (C=O) groups excluding carboxylic acids is 1. The number of phenolic OH excluding ortho intramolecular Hbond substituents is 1. The predicted molar refractivity (Wildman–Crippen MR) is 118 cm³/mol. The van der Waals surface area contributed by atoms with Crippen LogP contribution in [0.3, 0.4) is 0 Å². The van der Waals surface area contributed by atoms with Crippen molar-refractivity contribution in [2.75, 3.05) is 20.6 Å². The molecule has 5 rings (SSSR count). The first-order valence-electron chi connectivity index (χ1n) is 10.7. The van der Waals surface area contributed by atoms with Gasteiger partial charge in [0.1, 0.15) is 12.4 Å². The summed E-state index contributed by atoms with van der Waals surface area (Å²) in [5, 5.41) is 22.3. The summed E-state index contributed by atoms with van der Waals surface area (Å²) in [6.45, 7) is 2.65. The zero-order chi connectivity index (χ0) is 22.8. The number of hydrogen-bond acceptors (Lipinski definition) is 7. The Labute approximate surface area is 184 Å². The number of carbonyl (C=O) groups is 1. The standard InChI is InChI=1S/C24H25N3O5/c1-4-24(31)17-10-19-21-13(11-27(19)22(29)16(17)12-32-23(24)30)9-15-14(7-8-26(2)3)20(28)6-5-18(15)25-21/h5-6,9-10,28,31H,4,7-8,11-12H2,1-3H3/t24-/m0/s1. The molecule has 2 aliphatic rings. The van der Waals surface area contributed by atoms with Gasteiger partial charge in [-0.25, -0.2) is 9.78 Å². The minimum atomic E-state index is -1.84. The van der Waals surface area contributed by atoms with E-state index in [1.165, 1.54) is 0 Å². The van der Waals surface area contributed by atoms with E-state index in [1.807, 2.05) is 20.2 Å². The highest BCUT2D eigenvalue weighted by Crippen LogP contribution is 2.39. The molecule has 2 N–H and O–H groups in total. The summed E-state index contributed by atoms with van der Waals surface area (Å²) in [5.41, 5.74) is 2.13. The molecule has 0 unspecified atom stereocenters. The molecule has 0 aliphatic carbocycles. The lowest BCUT2D eigenvalue weighted by Gasteiger charge is -2.31. The van der Waals surface area contributed by atoms with Gasteiger partial charge < -0.3 is 24.4 Å². The molecule has 8 heteroatoms. The SMILES string of the molecule is CC[C@@]1(O)C(=O)OCc2c1cc1n(c2=O)Cc2cc3c(CCN(C)C)c(O)ccc3nc2-1. The van der Waals surface area contributed by atoms with Gasteiger partial charge in [-0.1, -0.05) is 6.92 Å². The molecular formula is C24H25N3O5. The van der Waals surface area contributed by atoms with Gasteiger partial charge in [-0.3, -0.25) is 4.79 Å². The molecule has 0 saturated heterocycles. The Morgan fingerprint density at radius 1 is 1.25 bits per heavy atom. The van der Waals surface area contributed by atoms with Gasteiger partial charge in [0.05, 0.1) is 29.0 Å². The number of esters is 1. The van der Waals surface area contributed by atoms with E-state index in [4.69, 9.17) is 9.72 Å². The molecule has 1 aromatic carbocycles. The van der Waals surface area contributed by atoms with Crippen molar-refractivity contribution >= 4 is 16.9 Å². The zero-order valence-corrected chi connectivity index (χ0v) is 18.3. The largest absolute Gasteiger partial charge is 0.508 e. The maximum absolute atomic E-state index is 13.3. The van der Waals surface area contributed by atoms with Gasteiger partial charge in [0.15, 0.2) is 5.60 Å². The molecule has 4 heterocycles. The summed E-state index contributed by atoms with van der Waals surface area (Å²) in [7, 11) is 3.96. The van der Waals surface area contributed by atoms with E-state index < -0.39 is 11.6 Å². The topological polar surface area (TPSA) is 105 Å². The second-order valence-electron chi connectivity index (χ2n) is 8.78. The van der Waals surface area contributed by atoms with Crippen molar-refractivity contribution in [1.82, 2.24) is 14.5 Å².